The number of nitrogens with zero attached hydrogens (tertiary/aromatic N) is 4. The summed E-state index contributed by atoms with van der Waals surface area (Å²) in [5.74, 6) is 0.312. The van der Waals surface area contributed by atoms with Gasteiger partial charge in [-0.3, -0.25) is 14.7 Å². The molecular formula is C22H30N4O. The second-order valence-corrected chi connectivity index (χ2v) is 8.08. The Morgan fingerprint density at radius 1 is 1.19 bits per heavy atom. The quantitative estimate of drug-likeness (QED) is 0.833. The summed E-state index contributed by atoms with van der Waals surface area (Å²) in [6.45, 7) is 5.68. The topological polar surface area (TPSA) is 39.7 Å². The Bertz CT molecular complexity index is 800. The lowest BCUT2D eigenvalue weighted by atomic mass is 10.0. The lowest BCUT2D eigenvalue weighted by Crippen LogP contribution is -2.48. The van der Waals surface area contributed by atoms with Crippen molar-refractivity contribution in [2.24, 2.45) is 0 Å². The Morgan fingerprint density at radius 3 is 2.74 bits per heavy atom. The summed E-state index contributed by atoms with van der Waals surface area (Å²) in [5.41, 5.74) is 2.27. The molecule has 0 saturated carbocycles. The molecule has 4 rings (SSSR count). The second-order valence-electron chi connectivity index (χ2n) is 8.08. The highest BCUT2D eigenvalue weighted by molar-refractivity contribution is 5.82. The van der Waals surface area contributed by atoms with Crippen LogP contribution in [0.15, 0.2) is 36.5 Å². The van der Waals surface area contributed by atoms with Crippen molar-refractivity contribution in [3.8, 4) is 0 Å². The Labute approximate surface area is 162 Å². The average molecular weight is 367 g/mol. The van der Waals surface area contributed by atoms with Crippen molar-refractivity contribution >= 4 is 22.5 Å². The minimum absolute atomic E-state index is 0.312. The Morgan fingerprint density at radius 2 is 2.00 bits per heavy atom. The van der Waals surface area contributed by atoms with E-state index in [2.05, 4.69) is 57.9 Å². The molecule has 2 aliphatic heterocycles. The number of anilines is 1. The maximum Gasteiger partial charge on any atom is 0.236 e. The molecule has 27 heavy (non-hydrogen) atoms. The summed E-state index contributed by atoms with van der Waals surface area (Å²) in [7, 11) is 2.18. The van der Waals surface area contributed by atoms with Crippen LogP contribution < -0.4 is 4.90 Å². The van der Waals surface area contributed by atoms with E-state index in [1.165, 1.54) is 11.1 Å². The first-order valence-electron chi connectivity index (χ1n) is 10.2. The molecule has 2 aliphatic rings. The fourth-order valence-corrected chi connectivity index (χ4v) is 4.54. The fourth-order valence-electron chi connectivity index (χ4n) is 4.54. The van der Waals surface area contributed by atoms with Gasteiger partial charge in [-0.05, 0) is 50.8 Å². The molecule has 0 radical (unpaired) electrons. The van der Waals surface area contributed by atoms with Gasteiger partial charge in [0.1, 0.15) is 0 Å². The molecule has 144 valence electrons. The van der Waals surface area contributed by atoms with Crippen molar-refractivity contribution in [3.63, 3.8) is 0 Å². The number of likely N-dealkylation sites (tertiary alicyclic amines) is 2. The molecule has 2 aromatic rings. The number of piperidine rings is 1. The van der Waals surface area contributed by atoms with Crippen LogP contribution in [0.25, 0.3) is 10.9 Å². The molecule has 2 fully saturated rings. The molecule has 0 unspecified atom stereocenters. The summed E-state index contributed by atoms with van der Waals surface area (Å²) >= 11 is 0. The van der Waals surface area contributed by atoms with Gasteiger partial charge in [-0.25, -0.2) is 0 Å². The lowest BCUT2D eigenvalue weighted by Gasteiger charge is -2.38. The number of amides is 1. The minimum Gasteiger partial charge on any atom is -0.371 e. The molecule has 1 amide bonds. The molecule has 1 aromatic carbocycles. The maximum atomic E-state index is 12.6. The minimum atomic E-state index is 0.312. The van der Waals surface area contributed by atoms with Crippen molar-refractivity contribution in [3.05, 3.63) is 36.5 Å². The molecule has 5 heteroatoms. The maximum absolute atomic E-state index is 12.6. The normalized spacial score (nSPS) is 21.7. The number of pyridine rings is 1. The van der Waals surface area contributed by atoms with Crippen LogP contribution in [-0.2, 0) is 4.79 Å². The van der Waals surface area contributed by atoms with E-state index in [9.17, 15) is 4.79 Å². The number of benzene rings is 1. The summed E-state index contributed by atoms with van der Waals surface area (Å²) in [6, 6.07) is 11.5. The molecule has 0 bridgehead atoms. The average Bonchev–Trinajstić information content (AvgIpc) is 3.14. The fraction of sp³-hybridized carbons (Fsp3) is 0.545. The Kier molecular flexibility index (Phi) is 5.30. The van der Waals surface area contributed by atoms with Gasteiger partial charge >= 0.3 is 0 Å². The monoisotopic (exact) mass is 366 g/mol. The molecular weight excluding hydrogens is 336 g/mol. The smallest absolute Gasteiger partial charge is 0.236 e. The van der Waals surface area contributed by atoms with Crippen LogP contribution in [0.1, 0.15) is 32.6 Å². The first-order chi connectivity index (χ1) is 13.1. The van der Waals surface area contributed by atoms with E-state index < -0.39 is 0 Å². The van der Waals surface area contributed by atoms with E-state index >= 15 is 0 Å². The largest absolute Gasteiger partial charge is 0.371 e. The number of hydrogen-bond donors (Lipinski definition) is 0. The predicted molar refractivity (Wildman–Crippen MR) is 110 cm³/mol. The van der Waals surface area contributed by atoms with Crippen LogP contribution in [0, 0.1) is 0 Å². The third-order valence-electron chi connectivity index (χ3n) is 6.33. The van der Waals surface area contributed by atoms with E-state index in [0.29, 0.717) is 24.5 Å². The predicted octanol–water partition coefficient (Wildman–Crippen LogP) is 3.15. The zero-order chi connectivity index (χ0) is 18.8. The SMILES string of the molecule is C[C@@H]1CCCN1C(=O)CN1CCC(N(C)c2ccc3cccnc3c2)CC1. The number of fused-ring (bicyclic) bond motifs is 1. The molecule has 5 nitrogen and oxygen atoms in total. The van der Waals surface area contributed by atoms with Crippen molar-refractivity contribution in [2.75, 3.05) is 38.1 Å². The number of carbonyl (C=O) groups is 1. The Hall–Kier alpha value is -2.14. The first kappa shape index (κ1) is 18.2. The van der Waals surface area contributed by atoms with Gasteiger partial charge in [-0.2, -0.15) is 0 Å². The first-order valence-corrected chi connectivity index (χ1v) is 10.2. The summed E-state index contributed by atoms with van der Waals surface area (Å²) in [4.78, 5) is 23.8. The van der Waals surface area contributed by atoms with E-state index in [-0.39, 0.29) is 0 Å². The zero-order valence-corrected chi connectivity index (χ0v) is 16.5. The zero-order valence-electron chi connectivity index (χ0n) is 16.5. The molecule has 3 heterocycles. The van der Waals surface area contributed by atoms with Gasteiger partial charge in [0.2, 0.25) is 5.91 Å². The third-order valence-corrected chi connectivity index (χ3v) is 6.33. The van der Waals surface area contributed by atoms with Gasteiger partial charge < -0.3 is 9.80 Å². The summed E-state index contributed by atoms with van der Waals surface area (Å²) in [5, 5.41) is 1.18. The lowest BCUT2D eigenvalue weighted by molar-refractivity contribution is -0.133. The van der Waals surface area contributed by atoms with Crippen LogP contribution in [0.4, 0.5) is 5.69 Å². The highest BCUT2D eigenvalue weighted by Crippen LogP contribution is 2.25. The highest BCUT2D eigenvalue weighted by atomic mass is 16.2. The van der Waals surface area contributed by atoms with Gasteiger partial charge in [-0.1, -0.05) is 12.1 Å². The van der Waals surface area contributed by atoms with Gasteiger partial charge in [-0.15, -0.1) is 0 Å². The van der Waals surface area contributed by atoms with E-state index in [0.717, 1.165) is 50.8 Å². The van der Waals surface area contributed by atoms with Gasteiger partial charge in [0.05, 0.1) is 12.1 Å². The molecule has 1 atom stereocenters. The molecule has 1 aromatic heterocycles. The molecule has 0 aliphatic carbocycles. The van der Waals surface area contributed by atoms with E-state index in [1.54, 1.807) is 0 Å². The van der Waals surface area contributed by atoms with Crippen molar-refractivity contribution in [1.82, 2.24) is 14.8 Å². The van der Waals surface area contributed by atoms with Gasteiger partial charge in [0.15, 0.2) is 0 Å². The van der Waals surface area contributed by atoms with E-state index in [4.69, 9.17) is 0 Å². The van der Waals surface area contributed by atoms with Crippen molar-refractivity contribution in [2.45, 2.75) is 44.7 Å². The number of carbonyl (C=O) groups excluding carboxylic acids is 1. The number of aromatic nitrogens is 1. The van der Waals surface area contributed by atoms with Crippen LogP contribution in [0.2, 0.25) is 0 Å². The molecule has 0 spiro atoms. The van der Waals surface area contributed by atoms with Gasteiger partial charge in [0, 0.05) is 56.0 Å². The van der Waals surface area contributed by atoms with Crippen LogP contribution in [0.5, 0.6) is 0 Å². The van der Waals surface area contributed by atoms with Crippen molar-refractivity contribution in [1.29, 1.82) is 0 Å². The standard InChI is InChI=1S/C22H30N4O/c1-17-5-4-12-26(17)22(27)16-25-13-9-19(10-14-25)24(2)20-8-7-18-6-3-11-23-21(18)15-20/h3,6-8,11,15,17,19H,4-5,9-10,12-14,16H2,1-2H3/t17-/m1/s1. The van der Waals surface area contributed by atoms with E-state index in [1.807, 2.05) is 12.3 Å². The van der Waals surface area contributed by atoms with Crippen LogP contribution in [0.3, 0.4) is 0 Å². The summed E-state index contributed by atoms with van der Waals surface area (Å²) in [6.07, 6.45) is 6.35. The van der Waals surface area contributed by atoms with Crippen LogP contribution >= 0.6 is 0 Å². The molecule has 2 saturated heterocycles. The Balaban J connectivity index is 1.33. The van der Waals surface area contributed by atoms with Crippen LogP contribution in [-0.4, -0.2) is 66.0 Å². The number of rotatable bonds is 4. The third kappa shape index (κ3) is 3.93. The second kappa shape index (κ2) is 7.85. The van der Waals surface area contributed by atoms with Crippen molar-refractivity contribution < 1.29 is 4.79 Å². The molecule has 0 N–H and O–H groups in total. The van der Waals surface area contributed by atoms with Gasteiger partial charge in [0.25, 0.3) is 0 Å². The highest BCUT2D eigenvalue weighted by Gasteiger charge is 2.28. The summed E-state index contributed by atoms with van der Waals surface area (Å²) < 4.78 is 0. The number of hydrogen-bond acceptors (Lipinski definition) is 4.